The van der Waals surface area contributed by atoms with Gasteiger partial charge in [0.2, 0.25) is 0 Å². The van der Waals surface area contributed by atoms with E-state index in [9.17, 15) is 5.11 Å². The lowest BCUT2D eigenvalue weighted by Gasteiger charge is -2.14. The van der Waals surface area contributed by atoms with Crippen LogP contribution >= 0.6 is 11.6 Å². The van der Waals surface area contributed by atoms with Crippen LogP contribution < -0.4 is 0 Å². The predicted molar refractivity (Wildman–Crippen MR) is 65.2 cm³/mol. The van der Waals surface area contributed by atoms with Crippen molar-refractivity contribution in [2.45, 2.75) is 32.8 Å². The van der Waals surface area contributed by atoms with Gasteiger partial charge in [0.1, 0.15) is 0 Å². The molecule has 1 nitrogen and oxygen atoms in total. The molecule has 15 heavy (non-hydrogen) atoms. The minimum absolute atomic E-state index is 0.537. The molecule has 0 aliphatic carbocycles. The van der Waals surface area contributed by atoms with E-state index in [2.05, 4.69) is 6.58 Å². The molecular formula is C13H17ClO. The maximum atomic E-state index is 9.98. The van der Waals surface area contributed by atoms with Crippen molar-refractivity contribution in [2.75, 3.05) is 0 Å². The van der Waals surface area contributed by atoms with E-state index in [0.717, 1.165) is 23.1 Å². The molecule has 0 saturated carbocycles. The molecule has 1 atom stereocenters. The first-order valence-electron chi connectivity index (χ1n) is 5.16. The van der Waals surface area contributed by atoms with Gasteiger partial charge in [0.25, 0.3) is 0 Å². The molecule has 1 unspecified atom stereocenters. The van der Waals surface area contributed by atoms with Crippen molar-refractivity contribution in [2.24, 2.45) is 0 Å². The first kappa shape index (κ1) is 12.3. The molecule has 0 heterocycles. The zero-order valence-corrected chi connectivity index (χ0v) is 10.0. The van der Waals surface area contributed by atoms with Gasteiger partial charge < -0.3 is 5.11 Å². The smallest absolute Gasteiger partial charge is 0.0841 e. The van der Waals surface area contributed by atoms with Crippen LogP contribution in [0.1, 0.15) is 37.0 Å². The van der Waals surface area contributed by atoms with E-state index < -0.39 is 6.10 Å². The zero-order valence-electron chi connectivity index (χ0n) is 9.26. The Morgan fingerprint density at radius 2 is 2.20 bits per heavy atom. The summed E-state index contributed by atoms with van der Waals surface area (Å²) in [4.78, 5) is 0. The number of aliphatic hydroxyl groups is 1. The molecule has 1 aromatic rings. The lowest BCUT2D eigenvalue weighted by Crippen LogP contribution is -2.00. The summed E-state index contributed by atoms with van der Waals surface area (Å²) in [6, 6.07) is 5.71. The molecule has 0 aliphatic rings. The maximum Gasteiger partial charge on any atom is 0.0841 e. The van der Waals surface area contributed by atoms with Gasteiger partial charge in [-0.05, 0) is 30.9 Å². The Hall–Kier alpha value is -0.790. The highest BCUT2D eigenvalue weighted by Gasteiger charge is 2.13. The molecule has 0 bridgehead atoms. The first-order chi connectivity index (χ1) is 7.06. The second-order valence-electron chi connectivity index (χ2n) is 3.80. The summed E-state index contributed by atoms with van der Waals surface area (Å²) >= 11 is 6.13. The van der Waals surface area contributed by atoms with Crippen molar-refractivity contribution in [3.63, 3.8) is 0 Å². The highest BCUT2D eigenvalue weighted by Crippen LogP contribution is 2.29. The van der Waals surface area contributed by atoms with E-state index in [0.29, 0.717) is 11.4 Å². The van der Waals surface area contributed by atoms with Crippen LogP contribution in [0.5, 0.6) is 0 Å². The molecule has 1 N–H and O–H groups in total. The summed E-state index contributed by atoms with van der Waals surface area (Å²) < 4.78 is 0. The van der Waals surface area contributed by atoms with Gasteiger partial charge in [-0.1, -0.05) is 48.9 Å². The molecule has 0 spiro atoms. The van der Waals surface area contributed by atoms with Crippen molar-refractivity contribution in [3.8, 4) is 0 Å². The Morgan fingerprint density at radius 3 is 2.80 bits per heavy atom. The van der Waals surface area contributed by atoms with Crippen molar-refractivity contribution in [1.29, 1.82) is 0 Å². The van der Waals surface area contributed by atoms with Crippen molar-refractivity contribution < 1.29 is 5.11 Å². The average Bonchev–Trinajstić information content (AvgIpc) is 2.21. The number of aryl methyl sites for hydroxylation is 1. The fourth-order valence-electron chi connectivity index (χ4n) is 1.46. The standard InChI is InChI=1S/C13H17ClO/c1-4-9(2)8-12(15)11-7-5-6-10(3)13(11)14/h5-7,12,15H,2,4,8H2,1,3H3. The number of halogens is 1. The molecule has 1 aromatic carbocycles. The van der Waals surface area contributed by atoms with Crippen molar-refractivity contribution in [3.05, 3.63) is 46.5 Å². The molecule has 1 rings (SSSR count). The summed E-state index contributed by atoms with van der Waals surface area (Å²) in [5, 5.41) is 10.6. The number of benzene rings is 1. The quantitative estimate of drug-likeness (QED) is 0.766. The van der Waals surface area contributed by atoms with Crippen LogP contribution in [0.25, 0.3) is 0 Å². The van der Waals surface area contributed by atoms with Crippen LogP contribution in [0.2, 0.25) is 5.02 Å². The van der Waals surface area contributed by atoms with Gasteiger partial charge in [-0.3, -0.25) is 0 Å². The van der Waals surface area contributed by atoms with Gasteiger partial charge in [-0.2, -0.15) is 0 Å². The van der Waals surface area contributed by atoms with Gasteiger partial charge in [-0.15, -0.1) is 0 Å². The summed E-state index contributed by atoms with van der Waals surface area (Å²) in [5.74, 6) is 0. The molecule has 82 valence electrons. The largest absolute Gasteiger partial charge is 0.388 e. The van der Waals surface area contributed by atoms with Crippen LogP contribution in [-0.4, -0.2) is 5.11 Å². The Morgan fingerprint density at radius 1 is 1.53 bits per heavy atom. The number of hydrogen-bond donors (Lipinski definition) is 1. The minimum Gasteiger partial charge on any atom is -0.388 e. The highest BCUT2D eigenvalue weighted by atomic mass is 35.5. The van der Waals surface area contributed by atoms with Gasteiger partial charge >= 0.3 is 0 Å². The molecule has 0 fully saturated rings. The van der Waals surface area contributed by atoms with Gasteiger partial charge in [-0.25, -0.2) is 0 Å². The van der Waals surface area contributed by atoms with Crippen LogP contribution in [0.4, 0.5) is 0 Å². The SMILES string of the molecule is C=C(CC)CC(O)c1cccc(C)c1Cl. The molecule has 0 aliphatic heterocycles. The second-order valence-corrected chi connectivity index (χ2v) is 4.18. The van der Waals surface area contributed by atoms with E-state index in [1.54, 1.807) is 0 Å². The number of rotatable bonds is 4. The van der Waals surface area contributed by atoms with E-state index >= 15 is 0 Å². The Bertz CT molecular complexity index is 358. The Kier molecular flexibility index (Phi) is 4.37. The fraction of sp³-hybridized carbons (Fsp3) is 0.385. The Labute approximate surface area is 96.4 Å². The van der Waals surface area contributed by atoms with Gasteiger partial charge in [0.05, 0.1) is 6.10 Å². The second kappa shape index (κ2) is 5.34. The third-order valence-electron chi connectivity index (χ3n) is 2.56. The van der Waals surface area contributed by atoms with E-state index in [-0.39, 0.29) is 0 Å². The summed E-state index contributed by atoms with van der Waals surface area (Å²) in [5.41, 5.74) is 2.83. The molecule has 2 heteroatoms. The van der Waals surface area contributed by atoms with Crippen LogP contribution in [0, 0.1) is 6.92 Å². The molecule has 0 amide bonds. The monoisotopic (exact) mass is 224 g/mol. The van der Waals surface area contributed by atoms with Crippen LogP contribution in [0.3, 0.4) is 0 Å². The topological polar surface area (TPSA) is 20.2 Å². The minimum atomic E-state index is -0.537. The number of aliphatic hydroxyl groups excluding tert-OH is 1. The molecule has 0 aromatic heterocycles. The lowest BCUT2D eigenvalue weighted by atomic mass is 9.99. The van der Waals surface area contributed by atoms with Gasteiger partial charge in [0, 0.05) is 5.02 Å². The van der Waals surface area contributed by atoms with Crippen LogP contribution in [0.15, 0.2) is 30.4 Å². The van der Waals surface area contributed by atoms with E-state index in [1.165, 1.54) is 0 Å². The highest BCUT2D eigenvalue weighted by molar-refractivity contribution is 6.32. The molecule has 0 radical (unpaired) electrons. The zero-order chi connectivity index (χ0) is 11.4. The average molecular weight is 225 g/mol. The van der Waals surface area contributed by atoms with Crippen LogP contribution in [-0.2, 0) is 0 Å². The normalized spacial score (nSPS) is 12.5. The molecular weight excluding hydrogens is 208 g/mol. The lowest BCUT2D eigenvalue weighted by molar-refractivity contribution is 0.177. The third kappa shape index (κ3) is 3.08. The maximum absolute atomic E-state index is 9.98. The Balaban J connectivity index is 2.86. The summed E-state index contributed by atoms with van der Waals surface area (Å²) in [7, 11) is 0. The van der Waals surface area contributed by atoms with Crippen molar-refractivity contribution >= 4 is 11.6 Å². The molecule has 0 saturated heterocycles. The fourth-order valence-corrected chi connectivity index (χ4v) is 1.71. The summed E-state index contributed by atoms with van der Waals surface area (Å²) in [6.45, 7) is 7.86. The van der Waals surface area contributed by atoms with Crippen molar-refractivity contribution in [1.82, 2.24) is 0 Å². The number of hydrogen-bond acceptors (Lipinski definition) is 1. The van der Waals surface area contributed by atoms with E-state index in [1.807, 2.05) is 32.0 Å². The van der Waals surface area contributed by atoms with E-state index in [4.69, 9.17) is 11.6 Å². The van der Waals surface area contributed by atoms with Gasteiger partial charge in [0.15, 0.2) is 0 Å². The summed E-state index contributed by atoms with van der Waals surface area (Å²) in [6.07, 6.45) is 0.935. The first-order valence-corrected chi connectivity index (χ1v) is 5.53. The predicted octanol–water partition coefficient (Wildman–Crippen LogP) is 4.04. The third-order valence-corrected chi connectivity index (χ3v) is 3.08.